The Morgan fingerprint density at radius 2 is 2.15 bits per heavy atom. The van der Waals surface area contributed by atoms with Crippen molar-refractivity contribution < 1.29 is 4.79 Å². The van der Waals surface area contributed by atoms with Crippen molar-refractivity contribution in [2.24, 2.45) is 11.3 Å². The summed E-state index contributed by atoms with van der Waals surface area (Å²) in [5.74, 6) is 1.44. The van der Waals surface area contributed by atoms with Crippen LogP contribution in [-0.2, 0) is 11.3 Å². The second kappa shape index (κ2) is 6.35. The van der Waals surface area contributed by atoms with Crippen LogP contribution >= 0.6 is 0 Å². The Hall–Kier alpha value is -1.92. The Labute approximate surface area is 153 Å². The third kappa shape index (κ3) is 2.63. The fourth-order valence-corrected chi connectivity index (χ4v) is 5.26. The van der Waals surface area contributed by atoms with Crippen LogP contribution in [-0.4, -0.2) is 53.0 Å². The minimum absolute atomic E-state index is 0.188. The van der Waals surface area contributed by atoms with Gasteiger partial charge in [0, 0.05) is 38.1 Å². The summed E-state index contributed by atoms with van der Waals surface area (Å²) in [7, 11) is 0. The molecule has 3 heterocycles. The normalized spacial score (nSPS) is 29.5. The molecule has 1 aliphatic carbocycles. The third-order valence-corrected chi connectivity index (χ3v) is 6.70. The molecule has 2 aromatic rings. The zero-order chi connectivity index (χ0) is 17.6. The maximum Gasteiger partial charge on any atom is 0.229 e. The number of rotatable bonds is 4. The number of nitrogens with zero attached hydrogens (tertiary/aromatic N) is 2. The van der Waals surface area contributed by atoms with E-state index in [9.17, 15) is 4.79 Å². The van der Waals surface area contributed by atoms with E-state index in [2.05, 4.69) is 25.5 Å². The van der Waals surface area contributed by atoms with Crippen LogP contribution in [0.25, 0.3) is 11.0 Å². The molecule has 0 spiro atoms. The predicted molar refractivity (Wildman–Crippen MR) is 101 cm³/mol. The number of aromatic amines is 1. The lowest BCUT2D eigenvalue weighted by molar-refractivity contribution is -0.131. The first-order chi connectivity index (χ1) is 12.7. The molecule has 1 aromatic heterocycles. The van der Waals surface area contributed by atoms with Gasteiger partial charge in [0.15, 0.2) is 0 Å². The number of imidazole rings is 1. The minimum atomic E-state index is -0.269. The summed E-state index contributed by atoms with van der Waals surface area (Å²) >= 11 is 0. The van der Waals surface area contributed by atoms with Crippen molar-refractivity contribution in [3.63, 3.8) is 0 Å². The number of benzene rings is 1. The molecule has 3 aliphatic rings. The quantitative estimate of drug-likeness (QED) is 0.781. The first kappa shape index (κ1) is 16.3. The van der Waals surface area contributed by atoms with Crippen molar-refractivity contribution in [1.29, 1.82) is 0 Å². The molecule has 6 heteroatoms. The maximum atomic E-state index is 13.2. The van der Waals surface area contributed by atoms with E-state index >= 15 is 0 Å². The molecule has 1 amide bonds. The monoisotopic (exact) mass is 353 g/mol. The van der Waals surface area contributed by atoms with Gasteiger partial charge in [0.25, 0.3) is 0 Å². The van der Waals surface area contributed by atoms with E-state index in [0.717, 1.165) is 43.0 Å². The first-order valence-corrected chi connectivity index (χ1v) is 9.91. The molecule has 2 atom stereocenters. The van der Waals surface area contributed by atoms with Crippen LogP contribution < -0.4 is 10.6 Å². The molecule has 0 radical (unpaired) electrons. The molecule has 1 saturated carbocycles. The number of nitrogens with one attached hydrogen (secondary N) is 3. The summed E-state index contributed by atoms with van der Waals surface area (Å²) in [6.45, 7) is 4.19. The number of hydrogen-bond acceptors (Lipinski definition) is 4. The van der Waals surface area contributed by atoms with Crippen molar-refractivity contribution >= 4 is 16.9 Å². The smallest absolute Gasteiger partial charge is 0.229 e. The predicted octanol–water partition coefficient (Wildman–Crippen LogP) is 1.64. The largest absolute Gasteiger partial charge is 0.348 e. The number of amides is 1. The van der Waals surface area contributed by atoms with Crippen molar-refractivity contribution in [3.05, 3.63) is 30.1 Å². The highest BCUT2D eigenvalue weighted by atomic mass is 16.2. The van der Waals surface area contributed by atoms with E-state index in [0.29, 0.717) is 18.5 Å². The lowest BCUT2D eigenvalue weighted by Gasteiger charge is -2.28. The zero-order valence-electron chi connectivity index (χ0n) is 15.1. The number of para-hydroxylation sites is 2. The molecule has 3 N–H and O–H groups in total. The summed E-state index contributed by atoms with van der Waals surface area (Å²) in [6.07, 6.45) is 5.29. The summed E-state index contributed by atoms with van der Waals surface area (Å²) in [5.41, 5.74) is 1.70. The minimum Gasteiger partial charge on any atom is -0.348 e. The summed E-state index contributed by atoms with van der Waals surface area (Å²) < 4.78 is 0. The Bertz CT molecular complexity index is 778. The fourth-order valence-electron chi connectivity index (χ4n) is 5.26. The van der Waals surface area contributed by atoms with Gasteiger partial charge in [0.2, 0.25) is 5.91 Å². The lowest BCUT2D eigenvalue weighted by Crippen LogP contribution is -2.47. The number of aromatic nitrogens is 2. The maximum absolute atomic E-state index is 13.2. The van der Waals surface area contributed by atoms with Crippen LogP contribution in [0.3, 0.4) is 0 Å². The van der Waals surface area contributed by atoms with Gasteiger partial charge in [0.1, 0.15) is 5.82 Å². The summed E-state index contributed by atoms with van der Waals surface area (Å²) in [4.78, 5) is 23.7. The molecule has 2 aliphatic heterocycles. The van der Waals surface area contributed by atoms with Crippen molar-refractivity contribution in [2.45, 2.75) is 38.3 Å². The van der Waals surface area contributed by atoms with E-state index in [1.807, 2.05) is 24.3 Å². The Balaban J connectivity index is 1.29. The number of likely N-dealkylation sites (tertiary alicyclic amines) is 1. The number of carbonyl (C=O) groups is 1. The molecular weight excluding hydrogens is 326 g/mol. The average Bonchev–Trinajstić information content (AvgIpc) is 3.41. The second-order valence-corrected chi connectivity index (χ2v) is 8.24. The molecule has 6 nitrogen and oxygen atoms in total. The van der Waals surface area contributed by atoms with Gasteiger partial charge in [-0.25, -0.2) is 4.98 Å². The highest BCUT2D eigenvalue weighted by molar-refractivity contribution is 5.84. The van der Waals surface area contributed by atoms with Crippen LogP contribution in [0.1, 0.15) is 31.5 Å². The van der Waals surface area contributed by atoms with Crippen molar-refractivity contribution in [2.75, 3.05) is 26.2 Å². The van der Waals surface area contributed by atoms with Crippen LogP contribution in [0.2, 0.25) is 0 Å². The van der Waals surface area contributed by atoms with Crippen LogP contribution in [0.4, 0.5) is 0 Å². The molecule has 0 bridgehead atoms. The van der Waals surface area contributed by atoms with Gasteiger partial charge >= 0.3 is 0 Å². The van der Waals surface area contributed by atoms with Gasteiger partial charge in [0.05, 0.1) is 23.0 Å². The van der Waals surface area contributed by atoms with Crippen LogP contribution in [0.5, 0.6) is 0 Å². The van der Waals surface area contributed by atoms with E-state index in [1.165, 1.54) is 25.7 Å². The van der Waals surface area contributed by atoms with Crippen molar-refractivity contribution in [3.8, 4) is 0 Å². The van der Waals surface area contributed by atoms with Crippen LogP contribution in [0, 0.1) is 11.3 Å². The van der Waals surface area contributed by atoms with E-state index in [1.54, 1.807) is 0 Å². The van der Waals surface area contributed by atoms with Gasteiger partial charge in [-0.3, -0.25) is 9.69 Å². The van der Waals surface area contributed by atoms with Gasteiger partial charge in [-0.1, -0.05) is 25.0 Å². The standard InChI is InChI=1S/C20H27N5O/c26-19(22-10-18-23-16-7-3-4-8-17(16)24-18)20-12-21-9-14(20)11-25(13-20)15-5-1-2-6-15/h3-4,7-8,14-15,21H,1-2,5-6,9-13H2,(H,22,26)(H,23,24)/t14-,20-/m0/s1. The van der Waals surface area contributed by atoms with Gasteiger partial charge < -0.3 is 15.6 Å². The molecule has 138 valence electrons. The van der Waals surface area contributed by atoms with Gasteiger partial charge in [-0.15, -0.1) is 0 Å². The average molecular weight is 353 g/mol. The highest BCUT2D eigenvalue weighted by Gasteiger charge is 2.55. The van der Waals surface area contributed by atoms with Crippen LogP contribution in [0.15, 0.2) is 24.3 Å². The Morgan fingerprint density at radius 3 is 3.00 bits per heavy atom. The molecule has 5 rings (SSSR count). The van der Waals surface area contributed by atoms with E-state index < -0.39 is 0 Å². The summed E-state index contributed by atoms with van der Waals surface area (Å²) in [5, 5.41) is 6.64. The highest BCUT2D eigenvalue weighted by Crippen LogP contribution is 2.42. The number of fused-ring (bicyclic) bond motifs is 2. The molecular formula is C20H27N5O. The molecule has 0 unspecified atom stereocenters. The fraction of sp³-hybridized carbons (Fsp3) is 0.600. The van der Waals surface area contributed by atoms with Crippen molar-refractivity contribution in [1.82, 2.24) is 25.5 Å². The Kier molecular flexibility index (Phi) is 3.98. The second-order valence-electron chi connectivity index (χ2n) is 8.24. The first-order valence-electron chi connectivity index (χ1n) is 9.91. The number of H-pyrrole nitrogens is 1. The lowest BCUT2D eigenvalue weighted by atomic mass is 9.80. The third-order valence-electron chi connectivity index (χ3n) is 6.70. The molecule has 2 saturated heterocycles. The zero-order valence-corrected chi connectivity index (χ0v) is 15.1. The summed E-state index contributed by atoms with van der Waals surface area (Å²) in [6, 6.07) is 8.67. The number of carbonyl (C=O) groups excluding carboxylic acids is 1. The van der Waals surface area contributed by atoms with E-state index in [-0.39, 0.29) is 11.3 Å². The SMILES string of the molecule is O=C(NCc1nc2ccccc2[nH]1)[C@]12CNC[C@H]1CN(C1CCCC1)C2. The van der Waals surface area contributed by atoms with Gasteiger partial charge in [-0.05, 0) is 25.0 Å². The van der Waals surface area contributed by atoms with Gasteiger partial charge in [-0.2, -0.15) is 0 Å². The topological polar surface area (TPSA) is 73.0 Å². The number of hydrogen-bond donors (Lipinski definition) is 3. The molecule has 26 heavy (non-hydrogen) atoms. The Morgan fingerprint density at radius 1 is 1.31 bits per heavy atom. The molecule has 1 aromatic carbocycles. The molecule has 3 fully saturated rings. The van der Waals surface area contributed by atoms with E-state index in [4.69, 9.17) is 0 Å².